The van der Waals surface area contributed by atoms with Crippen molar-refractivity contribution in [1.82, 2.24) is 4.90 Å². The summed E-state index contributed by atoms with van der Waals surface area (Å²) in [5.74, 6) is 0. The molecule has 2 atom stereocenters. The minimum atomic E-state index is 0.284. The van der Waals surface area contributed by atoms with Crippen LogP contribution in [0, 0.1) is 0 Å². The zero-order valence-electron chi connectivity index (χ0n) is 12.3. The van der Waals surface area contributed by atoms with Crippen LogP contribution in [0.1, 0.15) is 35.2 Å². The maximum absolute atomic E-state index is 4.06. The van der Waals surface area contributed by atoms with Gasteiger partial charge in [0.25, 0.3) is 0 Å². The second kappa shape index (κ2) is 6.11. The van der Waals surface area contributed by atoms with Gasteiger partial charge in [0.05, 0.1) is 6.04 Å². The van der Waals surface area contributed by atoms with Crippen molar-refractivity contribution in [2.24, 2.45) is 0 Å². The second-order valence-corrected chi connectivity index (χ2v) is 5.51. The number of rotatable bonds is 5. The monoisotopic (exact) mass is 275 g/mol. The summed E-state index contributed by atoms with van der Waals surface area (Å²) in [6, 6.07) is 20.0. The van der Waals surface area contributed by atoms with Gasteiger partial charge in [0.1, 0.15) is 0 Å². The fourth-order valence-corrected chi connectivity index (χ4v) is 3.32. The maximum atomic E-state index is 4.06. The minimum Gasteiger partial charge on any atom is -0.281 e. The van der Waals surface area contributed by atoms with Crippen LogP contribution in [0.2, 0.25) is 0 Å². The molecular formula is C20H21N. The first-order valence-electron chi connectivity index (χ1n) is 7.47. The van der Waals surface area contributed by atoms with E-state index in [1.54, 1.807) is 0 Å². The number of hydrogen-bond acceptors (Lipinski definition) is 1. The van der Waals surface area contributed by atoms with Crippen LogP contribution < -0.4 is 0 Å². The Balaban J connectivity index is 1.97. The van der Waals surface area contributed by atoms with Gasteiger partial charge in [0.15, 0.2) is 0 Å². The van der Waals surface area contributed by atoms with Crippen molar-refractivity contribution in [3.8, 4) is 0 Å². The van der Waals surface area contributed by atoms with Crippen molar-refractivity contribution in [3.05, 3.63) is 96.6 Å². The first-order valence-corrected chi connectivity index (χ1v) is 7.47. The summed E-state index contributed by atoms with van der Waals surface area (Å²) in [4.78, 5) is 2.52. The van der Waals surface area contributed by atoms with Crippen LogP contribution in [0.25, 0.3) is 0 Å². The van der Waals surface area contributed by atoms with Crippen molar-refractivity contribution < 1.29 is 0 Å². The van der Waals surface area contributed by atoms with E-state index in [1.165, 1.54) is 16.7 Å². The average molecular weight is 275 g/mol. The largest absolute Gasteiger partial charge is 0.281 e. The van der Waals surface area contributed by atoms with Crippen molar-refractivity contribution in [3.63, 3.8) is 0 Å². The third-order valence-corrected chi connectivity index (χ3v) is 4.25. The zero-order valence-corrected chi connectivity index (χ0v) is 12.3. The Morgan fingerprint density at radius 1 is 0.905 bits per heavy atom. The number of benzene rings is 2. The third-order valence-electron chi connectivity index (χ3n) is 4.25. The lowest BCUT2D eigenvalue weighted by atomic mass is 10.0. The van der Waals surface area contributed by atoms with Crippen LogP contribution in [0.15, 0.2) is 79.9 Å². The van der Waals surface area contributed by atoms with Crippen LogP contribution in [-0.4, -0.2) is 4.90 Å². The smallest absolute Gasteiger partial charge is 0.0541 e. The van der Waals surface area contributed by atoms with E-state index < -0.39 is 0 Å². The highest BCUT2D eigenvalue weighted by Crippen LogP contribution is 2.45. The lowest BCUT2D eigenvalue weighted by Crippen LogP contribution is -2.24. The zero-order chi connectivity index (χ0) is 14.7. The summed E-state index contributed by atoms with van der Waals surface area (Å²) in [6.07, 6.45) is 5.05. The molecule has 1 nitrogen and oxygen atoms in total. The summed E-state index contributed by atoms with van der Waals surface area (Å²) in [5, 5.41) is 0. The SMILES string of the molecule is C=CCC1c2ccccc2C(C=C)N1Cc1ccccc1. The molecule has 0 N–H and O–H groups in total. The van der Waals surface area contributed by atoms with Gasteiger partial charge in [-0.15, -0.1) is 13.2 Å². The van der Waals surface area contributed by atoms with E-state index >= 15 is 0 Å². The Labute approximate surface area is 127 Å². The molecule has 0 saturated heterocycles. The Kier molecular flexibility index (Phi) is 4.03. The molecule has 2 unspecified atom stereocenters. The molecule has 3 rings (SSSR count). The molecule has 106 valence electrons. The predicted molar refractivity (Wildman–Crippen MR) is 88.9 cm³/mol. The fourth-order valence-electron chi connectivity index (χ4n) is 3.32. The Morgan fingerprint density at radius 2 is 1.57 bits per heavy atom. The molecule has 2 aromatic rings. The topological polar surface area (TPSA) is 3.24 Å². The van der Waals surface area contributed by atoms with Crippen molar-refractivity contribution >= 4 is 0 Å². The molecule has 1 heteroatoms. The van der Waals surface area contributed by atoms with E-state index in [0.29, 0.717) is 6.04 Å². The first-order chi connectivity index (χ1) is 10.3. The molecule has 0 radical (unpaired) electrons. The summed E-state index contributed by atoms with van der Waals surface area (Å²) in [5.41, 5.74) is 4.14. The quantitative estimate of drug-likeness (QED) is 0.690. The van der Waals surface area contributed by atoms with Gasteiger partial charge >= 0.3 is 0 Å². The minimum absolute atomic E-state index is 0.284. The molecule has 21 heavy (non-hydrogen) atoms. The number of nitrogens with zero attached hydrogens (tertiary/aromatic N) is 1. The summed E-state index contributed by atoms with van der Waals surface area (Å²) < 4.78 is 0. The molecule has 1 aliphatic heterocycles. The Hall–Kier alpha value is -2.12. The standard InChI is InChI=1S/C20H21N/c1-3-10-20-18-14-9-8-13-17(18)19(4-2)21(20)15-16-11-6-5-7-12-16/h3-9,11-14,19-20H,1-2,10,15H2. The van der Waals surface area contributed by atoms with Gasteiger partial charge in [0.2, 0.25) is 0 Å². The molecular weight excluding hydrogens is 254 g/mol. The van der Waals surface area contributed by atoms with Gasteiger partial charge in [-0.05, 0) is 23.1 Å². The fraction of sp³-hybridized carbons (Fsp3) is 0.200. The normalized spacial score (nSPS) is 21.0. The predicted octanol–water partition coefficient (Wildman–Crippen LogP) is 5.05. The van der Waals surface area contributed by atoms with Gasteiger partial charge in [-0.1, -0.05) is 66.7 Å². The highest BCUT2D eigenvalue weighted by atomic mass is 15.2. The van der Waals surface area contributed by atoms with Crippen LogP contribution in [0.5, 0.6) is 0 Å². The lowest BCUT2D eigenvalue weighted by molar-refractivity contribution is 0.179. The molecule has 2 aromatic carbocycles. The summed E-state index contributed by atoms with van der Waals surface area (Å²) in [7, 11) is 0. The Morgan fingerprint density at radius 3 is 2.24 bits per heavy atom. The van der Waals surface area contributed by atoms with Crippen LogP contribution in [-0.2, 0) is 6.54 Å². The van der Waals surface area contributed by atoms with Gasteiger partial charge in [0, 0.05) is 12.6 Å². The van der Waals surface area contributed by atoms with E-state index in [4.69, 9.17) is 0 Å². The van der Waals surface area contributed by atoms with Gasteiger partial charge in [-0.25, -0.2) is 0 Å². The summed E-state index contributed by atoms with van der Waals surface area (Å²) >= 11 is 0. The molecule has 1 aliphatic rings. The van der Waals surface area contributed by atoms with E-state index in [0.717, 1.165) is 13.0 Å². The first kappa shape index (κ1) is 13.8. The van der Waals surface area contributed by atoms with Crippen molar-refractivity contribution in [2.75, 3.05) is 0 Å². The third kappa shape index (κ3) is 2.57. The van der Waals surface area contributed by atoms with Gasteiger partial charge < -0.3 is 0 Å². The van der Waals surface area contributed by atoms with Crippen LogP contribution in [0.4, 0.5) is 0 Å². The second-order valence-electron chi connectivity index (χ2n) is 5.51. The van der Waals surface area contributed by atoms with E-state index in [-0.39, 0.29) is 6.04 Å². The molecule has 0 aliphatic carbocycles. The van der Waals surface area contributed by atoms with Gasteiger partial charge in [-0.3, -0.25) is 4.90 Å². The molecule has 1 heterocycles. The molecule has 0 saturated carbocycles. The molecule has 0 amide bonds. The molecule has 0 aromatic heterocycles. The summed E-state index contributed by atoms with van der Waals surface area (Å²) in [6.45, 7) is 8.93. The maximum Gasteiger partial charge on any atom is 0.0541 e. The highest BCUT2D eigenvalue weighted by molar-refractivity contribution is 5.40. The van der Waals surface area contributed by atoms with Crippen molar-refractivity contribution in [2.45, 2.75) is 25.0 Å². The van der Waals surface area contributed by atoms with Crippen LogP contribution in [0.3, 0.4) is 0 Å². The number of fused-ring (bicyclic) bond motifs is 1. The van der Waals surface area contributed by atoms with Gasteiger partial charge in [-0.2, -0.15) is 0 Å². The van der Waals surface area contributed by atoms with E-state index in [9.17, 15) is 0 Å². The highest BCUT2D eigenvalue weighted by Gasteiger charge is 2.35. The van der Waals surface area contributed by atoms with Crippen LogP contribution >= 0.6 is 0 Å². The van der Waals surface area contributed by atoms with Crippen molar-refractivity contribution in [1.29, 1.82) is 0 Å². The molecule has 0 fully saturated rings. The molecule has 0 bridgehead atoms. The Bertz CT molecular complexity index is 629. The van der Waals surface area contributed by atoms with E-state index in [2.05, 4.69) is 78.7 Å². The average Bonchev–Trinajstić information content (AvgIpc) is 2.82. The molecule has 0 spiro atoms. The number of hydrogen-bond donors (Lipinski definition) is 0. The lowest BCUT2D eigenvalue weighted by Gasteiger charge is -2.28. The van der Waals surface area contributed by atoms with E-state index in [1.807, 2.05) is 6.08 Å².